The van der Waals surface area contributed by atoms with Crippen molar-refractivity contribution in [2.24, 2.45) is 0 Å². The number of nitrogens with zero attached hydrogens (tertiary/aromatic N) is 2. The molecule has 0 bridgehead atoms. The van der Waals surface area contributed by atoms with Crippen LogP contribution in [0.15, 0.2) is 16.7 Å². The molecule has 0 unspecified atom stereocenters. The maximum Gasteiger partial charge on any atom is 0.148 e. The lowest BCUT2D eigenvalue weighted by Gasteiger charge is -1.98. The fourth-order valence-electron chi connectivity index (χ4n) is 0.591. The van der Waals surface area contributed by atoms with Crippen LogP contribution < -0.4 is 5.32 Å². The Bertz CT molecular complexity index is 197. The zero-order chi connectivity index (χ0) is 7.40. The second-order valence-electron chi connectivity index (χ2n) is 1.77. The molecule has 0 amide bonds. The molecule has 0 saturated carbocycles. The van der Waals surface area contributed by atoms with Gasteiger partial charge in [0.05, 0.1) is 0 Å². The third-order valence-corrected chi connectivity index (χ3v) is 1.41. The maximum absolute atomic E-state index is 3.86. The van der Waals surface area contributed by atoms with Crippen molar-refractivity contribution in [3.05, 3.63) is 16.7 Å². The summed E-state index contributed by atoms with van der Waals surface area (Å²) in [6.07, 6.45) is 0. The summed E-state index contributed by atoms with van der Waals surface area (Å²) in [7, 11) is 0. The number of hydrogen-bond donors (Lipinski definition) is 1. The Kier molecular flexibility index (Phi) is 2.62. The zero-order valence-electron chi connectivity index (χ0n) is 5.63. The Labute approximate surface area is 68.0 Å². The number of anilines is 1. The monoisotopic (exact) mass is 201 g/mol. The molecule has 0 fully saturated rings. The van der Waals surface area contributed by atoms with Crippen molar-refractivity contribution in [3.63, 3.8) is 0 Å². The fourth-order valence-corrected chi connectivity index (χ4v) is 0.803. The first kappa shape index (κ1) is 7.47. The van der Waals surface area contributed by atoms with Gasteiger partial charge in [-0.1, -0.05) is 0 Å². The lowest BCUT2D eigenvalue weighted by atomic mass is 10.5. The minimum atomic E-state index is 0.758. The molecule has 0 aliphatic rings. The lowest BCUT2D eigenvalue weighted by molar-refractivity contribution is 0.991. The molecule has 0 spiro atoms. The lowest BCUT2D eigenvalue weighted by Crippen LogP contribution is -1.99. The minimum Gasteiger partial charge on any atom is -0.369 e. The van der Waals surface area contributed by atoms with Crippen LogP contribution in [0.5, 0.6) is 0 Å². The molecule has 0 atom stereocenters. The summed E-state index contributed by atoms with van der Waals surface area (Å²) in [5, 5.41) is 10.7. The summed E-state index contributed by atoms with van der Waals surface area (Å²) >= 11 is 3.20. The van der Waals surface area contributed by atoms with Crippen molar-refractivity contribution in [1.29, 1.82) is 0 Å². The van der Waals surface area contributed by atoms with Gasteiger partial charge in [0.15, 0.2) is 0 Å². The summed E-state index contributed by atoms with van der Waals surface area (Å²) in [6, 6.07) is 3.73. The van der Waals surface area contributed by atoms with E-state index in [0.717, 1.165) is 17.0 Å². The quantitative estimate of drug-likeness (QED) is 0.792. The first-order chi connectivity index (χ1) is 4.83. The molecule has 4 heteroatoms. The van der Waals surface area contributed by atoms with Gasteiger partial charge in [-0.3, -0.25) is 0 Å². The smallest absolute Gasteiger partial charge is 0.148 e. The van der Waals surface area contributed by atoms with Crippen molar-refractivity contribution < 1.29 is 0 Å². The van der Waals surface area contributed by atoms with Crippen LogP contribution in [-0.2, 0) is 0 Å². The van der Waals surface area contributed by atoms with E-state index in [0.29, 0.717) is 0 Å². The Hall–Kier alpha value is -0.640. The number of nitrogens with one attached hydrogen (secondary N) is 1. The predicted octanol–water partition coefficient (Wildman–Crippen LogP) is 1.67. The molecule has 0 aliphatic heterocycles. The molecule has 1 N–H and O–H groups in total. The van der Waals surface area contributed by atoms with Gasteiger partial charge in [-0.15, -0.1) is 10.2 Å². The average molecular weight is 202 g/mol. The molecule has 54 valence electrons. The largest absolute Gasteiger partial charge is 0.369 e. The van der Waals surface area contributed by atoms with Gasteiger partial charge in [0.25, 0.3) is 0 Å². The van der Waals surface area contributed by atoms with Crippen molar-refractivity contribution in [2.45, 2.75) is 6.92 Å². The third-order valence-electron chi connectivity index (χ3n) is 0.990. The molecular weight excluding hydrogens is 194 g/mol. The van der Waals surface area contributed by atoms with E-state index in [-0.39, 0.29) is 0 Å². The highest BCUT2D eigenvalue weighted by molar-refractivity contribution is 9.10. The minimum absolute atomic E-state index is 0.758. The van der Waals surface area contributed by atoms with E-state index in [4.69, 9.17) is 0 Å². The van der Waals surface area contributed by atoms with E-state index in [1.54, 1.807) is 0 Å². The highest BCUT2D eigenvalue weighted by atomic mass is 79.9. The number of hydrogen-bond acceptors (Lipinski definition) is 3. The van der Waals surface area contributed by atoms with Crippen LogP contribution in [-0.4, -0.2) is 16.7 Å². The Balaban J connectivity index is 2.69. The molecule has 0 radical (unpaired) electrons. The molecule has 10 heavy (non-hydrogen) atoms. The molecule has 1 heterocycles. The van der Waals surface area contributed by atoms with E-state index in [2.05, 4.69) is 31.4 Å². The van der Waals surface area contributed by atoms with Gasteiger partial charge in [-0.25, -0.2) is 0 Å². The molecule has 0 aliphatic carbocycles. The first-order valence-corrected chi connectivity index (χ1v) is 3.85. The van der Waals surface area contributed by atoms with Gasteiger partial charge in [0.1, 0.15) is 10.4 Å². The number of halogens is 1. The van der Waals surface area contributed by atoms with Crippen molar-refractivity contribution in [2.75, 3.05) is 11.9 Å². The van der Waals surface area contributed by atoms with Crippen LogP contribution >= 0.6 is 15.9 Å². The van der Waals surface area contributed by atoms with Gasteiger partial charge in [-0.05, 0) is 35.0 Å². The van der Waals surface area contributed by atoms with Crippen molar-refractivity contribution in [3.8, 4) is 0 Å². The van der Waals surface area contributed by atoms with Crippen LogP contribution in [0.25, 0.3) is 0 Å². The van der Waals surface area contributed by atoms with Gasteiger partial charge in [0.2, 0.25) is 0 Å². The highest BCUT2D eigenvalue weighted by Gasteiger charge is 1.90. The predicted molar refractivity (Wildman–Crippen MR) is 43.9 cm³/mol. The maximum atomic E-state index is 3.86. The van der Waals surface area contributed by atoms with Gasteiger partial charge >= 0.3 is 0 Å². The second kappa shape index (κ2) is 3.51. The van der Waals surface area contributed by atoms with E-state index < -0.39 is 0 Å². The molecule has 1 aromatic rings. The standard InChI is InChI=1S/C6H8BrN3/c1-2-8-6-4-3-5(7)9-10-6/h3-4H,2H2,1H3,(H,8,10). The van der Waals surface area contributed by atoms with Crippen LogP contribution in [0, 0.1) is 0 Å². The van der Waals surface area contributed by atoms with E-state index in [1.165, 1.54) is 0 Å². The summed E-state index contributed by atoms with van der Waals surface area (Å²) in [4.78, 5) is 0. The average Bonchev–Trinajstić information content (AvgIpc) is 1.95. The van der Waals surface area contributed by atoms with E-state index in [1.807, 2.05) is 19.1 Å². The first-order valence-electron chi connectivity index (χ1n) is 3.06. The van der Waals surface area contributed by atoms with Crippen LogP contribution in [0.4, 0.5) is 5.82 Å². The SMILES string of the molecule is CCNc1ccc(Br)nn1. The van der Waals surface area contributed by atoms with E-state index >= 15 is 0 Å². The summed E-state index contributed by atoms with van der Waals surface area (Å²) in [6.45, 7) is 2.89. The number of aromatic nitrogens is 2. The molecule has 1 aromatic heterocycles. The van der Waals surface area contributed by atoms with Crippen molar-refractivity contribution >= 4 is 21.7 Å². The van der Waals surface area contributed by atoms with Crippen LogP contribution in [0.1, 0.15) is 6.92 Å². The topological polar surface area (TPSA) is 37.8 Å². The Morgan fingerprint density at radius 2 is 2.30 bits per heavy atom. The number of rotatable bonds is 2. The van der Waals surface area contributed by atoms with E-state index in [9.17, 15) is 0 Å². The Morgan fingerprint density at radius 3 is 2.80 bits per heavy atom. The Morgan fingerprint density at radius 1 is 1.50 bits per heavy atom. The van der Waals surface area contributed by atoms with Gasteiger partial charge in [0, 0.05) is 6.54 Å². The van der Waals surface area contributed by atoms with Crippen molar-refractivity contribution in [1.82, 2.24) is 10.2 Å². The van der Waals surface area contributed by atoms with Gasteiger partial charge < -0.3 is 5.32 Å². The second-order valence-corrected chi connectivity index (χ2v) is 2.58. The summed E-state index contributed by atoms with van der Waals surface area (Å²) in [5.41, 5.74) is 0. The molecule has 1 rings (SSSR count). The summed E-state index contributed by atoms with van der Waals surface area (Å²) in [5.74, 6) is 0.811. The highest BCUT2D eigenvalue weighted by Crippen LogP contribution is 2.05. The van der Waals surface area contributed by atoms with Gasteiger partial charge in [-0.2, -0.15) is 0 Å². The zero-order valence-corrected chi connectivity index (χ0v) is 7.22. The summed E-state index contributed by atoms with van der Waals surface area (Å²) < 4.78 is 0.758. The molecule has 0 saturated heterocycles. The normalized spacial score (nSPS) is 9.40. The fraction of sp³-hybridized carbons (Fsp3) is 0.333. The molecule has 3 nitrogen and oxygen atoms in total. The molecule has 0 aromatic carbocycles. The molecular formula is C6H8BrN3. The van der Waals surface area contributed by atoms with Crippen LogP contribution in [0.3, 0.4) is 0 Å². The third kappa shape index (κ3) is 1.95. The van der Waals surface area contributed by atoms with Crippen LogP contribution in [0.2, 0.25) is 0 Å².